The Morgan fingerprint density at radius 3 is 3.18 bits per heavy atom. The van der Waals surface area contributed by atoms with Crippen molar-refractivity contribution in [3.8, 4) is 0 Å². The summed E-state index contributed by atoms with van der Waals surface area (Å²) in [4.78, 5) is 4.18. The number of nitrogens with two attached hydrogens (primary N) is 1. The minimum Gasteiger partial charge on any atom is -0.381 e. The first kappa shape index (κ1) is 10.5. The zero-order chi connectivity index (χ0) is 11.8. The number of ether oxygens (including phenoxy) is 1. The summed E-state index contributed by atoms with van der Waals surface area (Å²) in [7, 11) is 0. The van der Waals surface area contributed by atoms with Gasteiger partial charge in [-0.05, 0) is 18.6 Å². The van der Waals surface area contributed by atoms with Gasteiger partial charge in [-0.1, -0.05) is 0 Å². The van der Waals surface area contributed by atoms with Crippen LogP contribution in [0.4, 0.5) is 10.3 Å². The van der Waals surface area contributed by atoms with Crippen LogP contribution in [0, 0.1) is 11.7 Å². The molecule has 3 rings (SSSR count). The van der Waals surface area contributed by atoms with Crippen molar-refractivity contribution in [1.29, 1.82) is 0 Å². The Morgan fingerprint density at radius 2 is 2.41 bits per heavy atom. The van der Waals surface area contributed by atoms with Crippen LogP contribution in [0.3, 0.4) is 0 Å². The van der Waals surface area contributed by atoms with Gasteiger partial charge in [0.15, 0.2) is 0 Å². The lowest BCUT2D eigenvalue weighted by Crippen LogP contribution is -2.12. The lowest BCUT2D eigenvalue weighted by molar-refractivity contribution is 0.183. The maximum absolute atomic E-state index is 13.1. The molecule has 2 heterocycles. The third kappa shape index (κ3) is 1.86. The van der Waals surface area contributed by atoms with Crippen LogP contribution < -0.4 is 5.73 Å². The molecule has 0 saturated carbocycles. The van der Waals surface area contributed by atoms with Gasteiger partial charge in [-0.3, -0.25) is 0 Å². The summed E-state index contributed by atoms with van der Waals surface area (Å²) in [6.45, 7) is 2.36. The smallest absolute Gasteiger partial charge is 0.201 e. The Bertz CT molecular complexity index is 546. The van der Waals surface area contributed by atoms with Gasteiger partial charge < -0.3 is 15.0 Å². The van der Waals surface area contributed by atoms with Gasteiger partial charge in [0.25, 0.3) is 0 Å². The van der Waals surface area contributed by atoms with E-state index in [9.17, 15) is 4.39 Å². The van der Waals surface area contributed by atoms with E-state index in [1.54, 1.807) is 6.07 Å². The van der Waals surface area contributed by atoms with Crippen molar-refractivity contribution in [3.63, 3.8) is 0 Å². The van der Waals surface area contributed by atoms with Gasteiger partial charge in [-0.25, -0.2) is 9.37 Å². The number of halogens is 1. The quantitative estimate of drug-likeness (QED) is 0.863. The van der Waals surface area contributed by atoms with E-state index in [0.717, 1.165) is 31.7 Å². The molecule has 4 nitrogen and oxygen atoms in total. The summed E-state index contributed by atoms with van der Waals surface area (Å²) in [6, 6.07) is 4.57. The first-order valence-corrected chi connectivity index (χ1v) is 5.73. The molecular weight excluding hydrogens is 221 g/mol. The molecule has 0 amide bonds. The highest BCUT2D eigenvalue weighted by Gasteiger charge is 2.19. The van der Waals surface area contributed by atoms with E-state index >= 15 is 0 Å². The number of fused-ring (bicyclic) bond motifs is 1. The normalized spacial score (nSPS) is 20.2. The average Bonchev–Trinajstić information content (AvgIpc) is 2.88. The van der Waals surface area contributed by atoms with Crippen molar-refractivity contribution in [1.82, 2.24) is 9.55 Å². The van der Waals surface area contributed by atoms with Gasteiger partial charge >= 0.3 is 0 Å². The highest BCUT2D eigenvalue weighted by atomic mass is 19.1. The molecule has 1 unspecified atom stereocenters. The van der Waals surface area contributed by atoms with Crippen LogP contribution in [0.15, 0.2) is 18.2 Å². The van der Waals surface area contributed by atoms with E-state index in [4.69, 9.17) is 10.5 Å². The van der Waals surface area contributed by atoms with Gasteiger partial charge in [0.05, 0.1) is 17.6 Å². The minimum absolute atomic E-state index is 0.286. The second kappa shape index (κ2) is 4.00. The van der Waals surface area contributed by atoms with E-state index in [-0.39, 0.29) is 5.82 Å². The van der Waals surface area contributed by atoms with E-state index in [1.807, 2.05) is 4.57 Å². The molecule has 2 N–H and O–H groups in total. The Balaban J connectivity index is 1.99. The summed E-state index contributed by atoms with van der Waals surface area (Å²) in [5, 5.41) is 0. The molecular formula is C12H14FN3O. The topological polar surface area (TPSA) is 53.1 Å². The Labute approximate surface area is 98.2 Å². The number of nitrogens with zero attached hydrogens (tertiary/aromatic N) is 2. The van der Waals surface area contributed by atoms with Crippen molar-refractivity contribution >= 4 is 17.0 Å². The molecule has 1 aromatic carbocycles. The molecule has 17 heavy (non-hydrogen) atoms. The number of rotatable bonds is 2. The van der Waals surface area contributed by atoms with Gasteiger partial charge in [0, 0.05) is 25.1 Å². The minimum atomic E-state index is -0.286. The first-order valence-electron chi connectivity index (χ1n) is 5.73. The molecule has 1 atom stereocenters. The second-order valence-electron chi connectivity index (χ2n) is 4.44. The van der Waals surface area contributed by atoms with Crippen LogP contribution >= 0.6 is 0 Å². The third-order valence-corrected chi connectivity index (χ3v) is 3.20. The van der Waals surface area contributed by atoms with E-state index in [0.29, 0.717) is 17.4 Å². The predicted molar refractivity (Wildman–Crippen MR) is 63.0 cm³/mol. The number of nitrogen functional groups attached to an aromatic ring is 1. The number of imidazole rings is 1. The zero-order valence-electron chi connectivity index (χ0n) is 9.40. The fraction of sp³-hybridized carbons (Fsp3) is 0.417. The average molecular weight is 235 g/mol. The summed E-state index contributed by atoms with van der Waals surface area (Å²) >= 11 is 0. The molecule has 2 aromatic rings. The second-order valence-corrected chi connectivity index (χ2v) is 4.44. The van der Waals surface area contributed by atoms with Crippen molar-refractivity contribution in [2.24, 2.45) is 5.92 Å². The van der Waals surface area contributed by atoms with Crippen LogP contribution in [0.25, 0.3) is 11.0 Å². The van der Waals surface area contributed by atoms with Crippen molar-refractivity contribution in [2.75, 3.05) is 18.9 Å². The van der Waals surface area contributed by atoms with Gasteiger partial charge in [0.2, 0.25) is 5.95 Å². The number of hydrogen-bond donors (Lipinski definition) is 1. The summed E-state index contributed by atoms with van der Waals surface area (Å²) in [6.07, 6.45) is 1.04. The number of aromatic nitrogens is 2. The highest BCUT2D eigenvalue weighted by Crippen LogP contribution is 2.23. The van der Waals surface area contributed by atoms with Gasteiger partial charge in [0.1, 0.15) is 5.82 Å². The van der Waals surface area contributed by atoms with Crippen LogP contribution in [0.5, 0.6) is 0 Å². The molecule has 0 radical (unpaired) electrons. The number of hydrogen-bond acceptors (Lipinski definition) is 3. The molecule has 1 saturated heterocycles. The fourth-order valence-corrected chi connectivity index (χ4v) is 2.30. The van der Waals surface area contributed by atoms with E-state index < -0.39 is 0 Å². The third-order valence-electron chi connectivity index (χ3n) is 3.20. The maximum atomic E-state index is 13.1. The van der Waals surface area contributed by atoms with E-state index in [2.05, 4.69) is 4.98 Å². The highest BCUT2D eigenvalue weighted by molar-refractivity contribution is 5.78. The standard InChI is InChI=1S/C12H14FN3O/c13-9-1-2-11-10(5-9)15-12(14)16(11)6-8-3-4-17-7-8/h1-2,5,8H,3-4,6-7H2,(H2,14,15). The van der Waals surface area contributed by atoms with Crippen molar-refractivity contribution in [2.45, 2.75) is 13.0 Å². The molecule has 0 spiro atoms. The summed E-state index contributed by atoms with van der Waals surface area (Å²) in [5.74, 6) is 0.628. The molecule has 0 aliphatic carbocycles. The zero-order valence-corrected chi connectivity index (χ0v) is 9.40. The Hall–Kier alpha value is -1.62. The van der Waals surface area contributed by atoms with Gasteiger partial charge in [-0.2, -0.15) is 0 Å². The predicted octanol–water partition coefficient (Wildman–Crippen LogP) is 1.79. The molecule has 0 bridgehead atoms. The molecule has 1 aromatic heterocycles. The van der Waals surface area contributed by atoms with Crippen LogP contribution in [0.2, 0.25) is 0 Å². The lowest BCUT2D eigenvalue weighted by Gasteiger charge is -2.10. The number of anilines is 1. The van der Waals surface area contributed by atoms with Crippen LogP contribution in [-0.4, -0.2) is 22.8 Å². The van der Waals surface area contributed by atoms with Crippen molar-refractivity contribution in [3.05, 3.63) is 24.0 Å². The molecule has 1 aliphatic heterocycles. The van der Waals surface area contributed by atoms with Crippen molar-refractivity contribution < 1.29 is 9.13 Å². The molecule has 90 valence electrons. The number of benzene rings is 1. The largest absolute Gasteiger partial charge is 0.381 e. The molecule has 1 fully saturated rings. The Morgan fingerprint density at radius 1 is 1.53 bits per heavy atom. The Kier molecular flexibility index (Phi) is 2.48. The monoisotopic (exact) mass is 235 g/mol. The summed E-state index contributed by atoms with van der Waals surface area (Å²) < 4.78 is 20.4. The van der Waals surface area contributed by atoms with E-state index in [1.165, 1.54) is 12.1 Å². The lowest BCUT2D eigenvalue weighted by atomic mass is 10.1. The van der Waals surface area contributed by atoms with Crippen LogP contribution in [-0.2, 0) is 11.3 Å². The van der Waals surface area contributed by atoms with Gasteiger partial charge in [-0.15, -0.1) is 0 Å². The fourth-order valence-electron chi connectivity index (χ4n) is 2.30. The van der Waals surface area contributed by atoms with Crippen LogP contribution in [0.1, 0.15) is 6.42 Å². The first-order chi connectivity index (χ1) is 8.24. The molecule has 5 heteroatoms. The maximum Gasteiger partial charge on any atom is 0.201 e. The molecule has 1 aliphatic rings. The SMILES string of the molecule is Nc1nc2cc(F)ccc2n1CC1CCOC1. The summed E-state index contributed by atoms with van der Waals surface area (Å²) in [5.41, 5.74) is 7.37.